The summed E-state index contributed by atoms with van der Waals surface area (Å²) in [4.78, 5) is 14.0. The normalized spacial score (nSPS) is 16.0. The molecule has 0 atom stereocenters. The highest BCUT2D eigenvalue weighted by Gasteiger charge is 2.21. The van der Waals surface area contributed by atoms with E-state index in [1.165, 1.54) is 6.42 Å². The van der Waals surface area contributed by atoms with Crippen molar-refractivity contribution in [2.45, 2.75) is 32.6 Å². The van der Waals surface area contributed by atoms with Gasteiger partial charge in [-0.2, -0.15) is 0 Å². The zero-order chi connectivity index (χ0) is 16.8. The van der Waals surface area contributed by atoms with Crippen LogP contribution in [-0.2, 0) is 23.7 Å². The molecular weight excluding hydrogens is 298 g/mol. The molecule has 0 saturated carbocycles. The summed E-state index contributed by atoms with van der Waals surface area (Å²) in [6.45, 7) is 7.87. The van der Waals surface area contributed by atoms with E-state index in [2.05, 4.69) is 6.92 Å². The molecule has 0 aromatic rings. The maximum absolute atomic E-state index is 12.0. The summed E-state index contributed by atoms with van der Waals surface area (Å²) in [5.74, 6) is 1.01. The van der Waals surface area contributed by atoms with E-state index in [1.807, 2.05) is 4.90 Å². The number of amides is 1. The van der Waals surface area contributed by atoms with Crippen LogP contribution in [0.1, 0.15) is 32.6 Å². The zero-order valence-corrected chi connectivity index (χ0v) is 14.8. The predicted octanol–water partition coefficient (Wildman–Crippen LogP) is 1.72. The molecule has 6 nitrogen and oxygen atoms in total. The van der Waals surface area contributed by atoms with Crippen molar-refractivity contribution in [1.29, 1.82) is 0 Å². The second-order valence-electron chi connectivity index (χ2n) is 5.81. The average Bonchev–Trinajstić information content (AvgIpc) is 2.59. The Balaban J connectivity index is 1.86. The first-order valence-corrected chi connectivity index (χ1v) is 8.77. The van der Waals surface area contributed by atoms with Crippen molar-refractivity contribution >= 4 is 5.91 Å². The first-order chi connectivity index (χ1) is 11.3. The molecule has 1 heterocycles. The van der Waals surface area contributed by atoms with Crippen molar-refractivity contribution in [3.05, 3.63) is 0 Å². The Hall–Kier alpha value is -0.690. The second kappa shape index (κ2) is 13.7. The maximum atomic E-state index is 12.0. The molecule has 0 aromatic heterocycles. The first kappa shape index (κ1) is 20.4. The van der Waals surface area contributed by atoms with Gasteiger partial charge in [0.2, 0.25) is 5.91 Å². The third-order valence-corrected chi connectivity index (χ3v) is 4.18. The van der Waals surface area contributed by atoms with Crippen molar-refractivity contribution in [2.24, 2.45) is 5.92 Å². The zero-order valence-electron chi connectivity index (χ0n) is 14.8. The molecule has 1 saturated heterocycles. The first-order valence-electron chi connectivity index (χ1n) is 8.77. The van der Waals surface area contributed by atoms with Crippen molar-refractivity contribution in [2.75, 3.05) is 66.4 Å². The summed E-state index contributed by atoms with van der Waals surface area (Å²) < 4.78 is 21.0. The molecule has 0 aliphatic carbocycles. The second-order valence-corrected chi connectivity index (χ2v) is 5.81. The van der Waals surface area contributed by atoms with Gasteiger partial charge in [-0.05, 0) is 18.8 Å². The Morgan fingerprint density at radius 2 is 1.43 bits per heavy atom. The number of piperidine rings is 1. The summed E-state index contributed by atoms with van der Waals surface area (Å²) >= 11 is 0. The molecule has 0 unspecified atom stereocenters. The van der Waals surface area contributed by atoms with E-state index in [9.17, 15) is 4.79 Å². The summed E-state index contributed by atoms with van der Waals surface area (Å²) in [6.07, 6.45) is 3.98. The van der Waals surface area contributed by atoms with Gasteiger partial charge in [0, 0.05) is 20.2 Å². The van der Waals surface area contributed by atoms with Crippen LogP contribution in [0.4, 0.5) is 0 Å². The highest BCUT2D eigenvalue weighted by atomic mass is 16.6. The van der Waals surface area contributed by atoms with E-state index in [0.717, 1.165) is 31.8 Å². The third kappa shape index (κ3) is 9.91. The fourth-order valence-electron chi connectivity index (χ4n) is 2.59. The molecule has 6 heteroatoms. The lowest BCUT2D eigenvalue weighted by molar-refractivity contribution is -0.133. The van der Waals surface area contributed by atoms with Crippen LogP contribution in [0.2, 0.25) is 0 Å². The van der Waals surface area contributed by atoms with Crippen molar-refractivity contribution in [1.82, 2.24) is 4.90 Å². The SMILES string of the molecule is CCC1CCN(C(=O)CCOCCOCCOCCOC)CC1. The molecule has 0 N–H and O–H groups in total. The van der Waals surface area contributed by atoms with Crippen LogP contribution in [0.25, 0.3) is 0 Å². The number of hydrogen-bond donors (Lipinski definition) is 0. The van der Waals surface area contributed by atoms with Gasteiger partial charge in [-0.3, -0.25) is 4.79 Å². The van der Waals surface area contributed by atoms with E-state index in [0.29, 0.717) is 52.7 Å². The molecule has 0 radical (unpaired) electrons. The van der Waals surface area contributed by atoms with Gasteiger partial charge in [0.15, 0.2) is 0 Å². The number of nitrogens with zero attached hydrogens (tertiary/aromatic N) is 1. The van der Waals surface area contributed by atoms with E-state index in [1.54, 1.807) is 7.11 Å². The van der Waals surface area contributed by atoms with Crippen LogP contribution in [0.3, 0.4) is 0 Å². The molecule has 1 aliphatic rings. The van der Waals surface area contributed by atoms with Crippen LogP contribution in [-0.4, -0.2) is 77.3 Å². The molecule has 0 bridgehead atoms. The summed E-state index contributed by atoms with van der Waals surface area (Å²) in [5.41, 5.74) is 0. The average molecular weight is 331 g/mol. The number of carbonyl (C=O) groups excluding carboxylic acids is 1. The molecule has 1 amide bonds. The van der Waals surface area contributed by atoms with E-state index >= 15 is 0 Å². The lowest BCUT2D eigenvalue weighted by Gasteiger charge is -2.31. The van der Waals surface area contributed by atoms with Crippen molar-refractivity contribution in [3.8, 4) is 0 Å². The van der Waals surface area contributed by atoms with Gasteiger partial charge in [-0.1, -0.05) is 13.3 Å². The van der Waals surface area contributed by atoms with Gasteiger partial charge < -0.3 is 23.8 Å². The number of methoxy groups -OCH3 is 1. The molecule has 1 rings (SSSR count). The highest BCUT2D eigenvalue weighted by Crippen LogP contribution is 2.20. The summed E-state index contributed by atoms with van der Waals surface area (Å²) in [7, 11) is 1.65. The molecule has 0 aromatic carbocycles. The van der Waals surface area contributed by atoms with Crippen LogP contribution in [0.5, 0.6) is 0 Å². The predicted molar refractivity (Wildman–Crippen MR) is 88.5 cm³/mol. The van der Waals surface area contributed by atoms with E-state index in [4.69, 9.17) is 18.9 Å². The number of likely N-dealkylation sites (tertiary alicyclic amines) is 1. The van der Waals surface area contributed by atoms with Gasteiger partial charge in [0.25, 0.3) is 0 Å². The van der Waals surface area contributed by atoms with Crippen LogP contribution < -0.4 is 0 Å². The minimum absolute atomic E-state index is 0.215. The van der Waals surface area contributed by atoms with Gasteiger partial charge >= 0.3 is 0 Å². The number of ether oxygens (including phenoxy) is 4. The van der Waals surface area contributed by atoms with Gasteiger partial charge in [-0.15, -0.1) is 0 Å². The van der Waals surface area contributed by atoms with E-state index < -0.39 is 0 Å². The highest BCUT2D eigenvalue weighted by molar-refractivity contribution is 5.76. The fourth-order valence-corrected chi connectivity index (χ4v) is 2.59. The minimum atomic E-state index is 0.215. The third-order valence-electron chi connectivity index (χ3n) is 4.18. The van der Waals surface area contributed by atoms with Gasteiger partial charge in [0.1, 0.15) is 0 Å². The Labute approximate surface area is 140 Å². The number of hydrogen-bond acceptors (Lipinski definition) is 5. The number of carbonyl (C=O) groups is 1. The van der Waals surface area contributed by atoms with Crippen LogP contribution in [0.15, 0.2) is 0 Å². The molecule has 1 fully saturated rings. The van der Waals surface area contributed by atoms with Gasteiger partial charge in [0.05, 0.1) is 52.7 Å². The Morgan fingerprint density at radius 1 is 0.913 bits per heavy atom. The van der Waals surface area contributed by atoms with Crippen molar-refractivity contribution in [3.63, 3.8) is 0 Å². The number of rotatable bonds is 13. The Bertz CT molecular complexity index is 293. The lowest BCUT2D eigenvalue weighted by Crippen LogP contribution is -2.38. The lowest BCUT2D eigenvalue weighted by atomic mass is 9.94. The summed E-state index contributed by atoms with van der Waals surface area (Å²) in [5, 5.41) is 0. The fraction of sp³-hybridized carbons (Fsp3) is 0.941. The minimum Gasteiger partial charge on any atom is -0.382 e. The largest absolute Gasteiger partial charge is 0.382 e. The summed E-state index contributed by atoms with van der Waals surface area (Å²) in [6, 6.07) is 0. The van der Waals surface area contributed by atoms with Crippen LogP contribution in [0, 0.1) is 5.92 Å². The maximum Gasteiger partial charge on any atom is 0.224 e. The van der Waals surface area contributed by atoms with Crippen molar-refractivity contribution < 1.29 is 23.7 Å². The van der Waals surface area contributed by atoms with Crippen LogP contribution >= 0.6 is 0 Å². The molecular formula is C17H33NO5. The van der Waals surface area contributed by atoms with E-state index in [-0.39, 0.29) is 5.91 Å². The standard InChI is InChI=1S/C17H33NO5/c1-3-16-4-7-18(8-5-16)17(19)6-9-21-12-13-23-15-14-22-11-10-20-2/h16H,3-15H2,1-2H3. The smallest absolute Gasteiger partial charge is 0.224 e. The topological polar surface area (TPSA) is 57.2 Å². The monoisotopic (exact) mass is 331 g/mol. The Morgan fingerprint density at radius 3 is 1.96 bits per heavy atom. The molecule has 136 valence electrons. The van der Waals surface area contributed by atoms with Gasteiger partial charge in [-0.25, -0.2) is 0 Å². The molecule has 1 aliphatic heterocycles. The molecule has 0 spiro atoms. The Kier molecular flexibility index (Phi) is 12.1. The quantitative estimate of drug-likeness (QED) is 0.481. The molecule has 23 heavy (non-hydrogen) atoms.